The number of aromatic nitrogens is 1. The molecular formula is C37H22Cl2FN3O10S4. The average molecular weight is 887 g/mol. The van der Waals surface area contributed by atoms with Crippen molar-refractivity contribution in [1.29, 1.82) is 0 Å². The molecule has 0 atom stereocenters. The number of phenolic OH excluding ortho intramolecular Hbond substituents is 2. The van der Waals surface area contributed by atoms with Gasteiger partial charge < -0.3 is 20.1 Å². The standard InChI is InChI=1S/C37H22Cl2FN3O10S4/c38-34-25(18-3-9-28-20(12-18)2-1-11-41-28)16-32(54-34)56(49,50)42-21-5-7-23(30(45)14-21)37(48)53-31-15-22(6-8-24(31)36(46)47)43-57(51,52)33-17-26(35(39)55-33)19-4-10-29(44)27(40)13-19/h1-17,42-45H,(H,46,47). The fraction of sp³-hybridized carbons (Fsp3) is 0. The second kappa shape index (κ2) is 15.3. The van der Waals surface area contributed by atoms with E-state index in [4.69, 9.17) is 27.9 Å². The number of benzene rings is 4. The first-order valence-electron chi connectivity index (χ1n) is 15.9. The van der Waals surface area contributed by atoms with Crippen LogP contribution in [0.25, 0.3) is 33.2 Å². The summed E-state index contributed by atoms with van der Waals surface area (Å²) in [4.78, 5) is 29.5. The number of aromatic hydroxyl groups is 2. The minimum Gasteiger partial charge on any atom is -0.507 e. The normalized spacial score (nSPS) is 11.7. The molecule has 7 aromatic rings. The molecule has 0 aliphatic rings. The third kappa shape index (κ3) is 8.22. The SMILES string of the molecule is O=C(Oc1cc(NS(=O)(=O)c2cc(-c3ccc(O)c(F)c3)c(Cl)s2)ccc1C(=O)O)c1ccc(NS(=O)(=O)c2cc(-c3ccc4ncccc4c3)c(Cl)s2)cc1O. The van der Waals surface area contributed by atoms with Gasteiger partial charge >= 0.3 is 11.9 Å². The maximum Gasteiger partial charge on any atom is 0.347 e. The second-order valence-corrected chi connectivity index (χ2v) is 19.1. The number of fused-ring (bicyclic) bond motifs is 1. The van der Waals surface area contributed by atoms with Crippen LogP contribution in [0.3, 0.4) is 0 Å². The molecule has 0 bridgehead atoms. The number of carboxylic acids is 1. The molecule has 0 amide bonds. The predicted octanol–water partition coefficient (Wildman–Crippen LogP) is 9.07. The molecule has 3 heterocycles. The minimum absolute atomic E-state index is 0.00454. The Morgan fingerprint density at radius 1 is 0.702 bits per heavy atom. The highest BCUT2D eigenvalue weighted by molar-refractivity contribution is 7.95. The van der Waals surface area contributed by atoms with E-state index >= 15 is 0 Å². The van der Waals surface area contributed by atoms with Gasteiger partial charge in [0.2, 0.25) is 0 Å². The Morgan fingerprint density at radius 3 is 1.88 bits per heavy atom. The Kier molecular flexibility index (Phi) is 10.6. The smallest absolute Gasteiger partial charge is 0.347 e. The number of sulfonamides is 2. The first kappa shape index (κ1) is 39.5. The van der Waals surface area contributed by atoms with E-state index in [0.717, 1.165) is 70.8 Å². The minimum atomic E-state index is -4.39. The van der Waals surface area contributed by atoms with E-state index in [2.05, 4.69) is 14.4 Å². The van der Waals surface area contributed by atoms with Crippen LogP contribution in [0, 0.1) is 5.82 Å². The van der Waals surface area contributed by atoms with Gasteiger partial charge in [-0.05, 0) is 77.9 Å². The molecule has 290 valence electrons. The summed E-state index contributed by atoms with van der Waals surface area (Å²) in [5.41, 5.74) is 0.847. The van der Waals surface area contributed by atoms with E-state index in [1.54, 1.807) is 24.4 Å². The van der Waals surface area contributed by atoms with Crippen molar-refractivity contribution in [2.45, 2.75) is 8.42 Å². The van der Waals surface area contributed by atoms with E-state index in [1.807, 2.05) is 12.1 Å². The van der Waals surface area contributed by atoms with Crippen molar-refractivity contribution in [1.82, 2.24) is 4.98 Å². The Hall–Kier alpha value is -5.76. The molecule has 0 saturated carbocycles. The molecule has 5 N–H and O–H groups in total. The lowest BCUT2D eigenvalue weighted by molar-refractivity contribution is 0.0681. The van der Waals surface area contributed by atoms with E-state index in [0.29, 0.717) is 22.5 Å². The number of carboxylic acid groups (broad SMARTS) is 1. The molecule has 7 rings (SSSR count). The van der Waals surface area contributed by atoms with E-state index < -0.39 is 66.2 Å². The Balaban J connectivity index is 1.08. The third-order valence-corrected chi connectivity index (χ3v) is 14.6. The first-order chi connectivity index (χ1) is 27.0. The summed E-state index contributed by atoms with van der Waals surface area (Å²) >= 11 is 14.2. The maximum absolute atomic E-state index is 14.0. The molecule has 20 heteroatoms. The quantitative estimate of drug-likeness (QED) is 0.0611. The topological polar surface area (TPSA) is 209 Å². The number of carbonyl (C=O) groups excluding carboxylic acids is 1. The summed E-state index contributed by atoms with van der Waals surface area (Å²) in [5.74, 6) is -5.69. The van der Waals surface area contributed by atoms with Crippen molar-refractivity contribution >= 4 is 100 Å². The highest BCUT2D eigenvalue weighted by atomic mass is 35.5. The Morgan fingerprint density at radius 2 is 1.28 bits per heavy atom. The van der Waals surface area contributed by atoms with Gasteiger partial charge in [-0.2, -0.15) is 0 Å². The van der Waals surface area contributed by atoms with Crippen LogP contribution in [0.4, 0.5) is 15.8 Å². The first-order valence-corrected chi connectivity index (χ1v) is 21.3. The van der Waals surface area contributed by atoms with Crippen molar-refractivity contribution in [3.05, 3.63) is 129 Å². The van der Waals surface area contributed by atoms with Crippen LogP contribution in [0.1, 0.15) is 20.7 Å². The lowest BCUT2D eigenvalue weighted by Crippen LogP contribution is -2.15. The van der Waals surface area contributed by atoms with Crippen LogP contribution in [-0.4, -0.2) is 49.1 Å². The number of rotatable bonds is 11. The van der Waals surface area contributed by atoms with Gasteiger partial charge in [-0.3, -0.25) is 14.4 Å². The van der Waals surface area contributed by atoms with Crippen molar-refractivity contribution < 1.29 is 50.9 Å². The van der Waals surface area contributed by atoms with Crippen LogP contribution >= 0.6 is 45.9 Å². The van der Waals surface area contributed by atoms with Crippen molar-refractivity contribution in [3.8, 4) is 39.5 Å². The van der Waals surface area contributed by atoms with Gasteiger partial charge in [0.25, 0.3) is 20.0 Å². The molecule has 0 radical (unpaired) electrons. The monoisotopic (exact) mass is 885 g/mol. The number of ether oxygens (including phenoxy) is 1. The molecule has 0 unspecified atom stereocenters. The molecule has 13 nitrogen and oxygen atoms in total. The number of anilines is 2. The molecule has 0 saturated heterocycles. The summed E-state index contributed by atoms with van der Waals surface area (Å²) in [6.07, 6.45) is 1.65. The van der Waals surface area contributed by atoms with E-state index in [-0.39, 0.29) is 39.6 Å². The van der Waals surface area contributed by atoms with Gasteiger partial charge in [0.1, 0.15) is 39.7 Å². The van der Waals surface area contributed by atoms with Gasteiger partial charge in [-0.25, -0.2) is 30.8 Å². The fourth-order valence-electron chi connectivity index (χ4n) is 5.45. The Labute approximate surface area is 340 Å². The molecule has 0 aliphatic heterocycles. The van der Waals surface area contributed by atoms with E-state index in [9.17, 15) is 46.1 Å². The highest BCUT2D eigenvalue weighted by Gasteiger charge is 2.25. The molecule has 3 aromatic heterocycles. The number of nitrogens with zero attached hydrogens (tertiary/aromatic N) is 1. The van der Waals surface area contributed by atoms with E-state index in [1.165, 1.54) is 18.2 Å². The molecule has 57 heavy (non-hydrogen) atoms. The summed E-state index contributed by atoms with van der Waals surface area (Å²) in [7, 11) is -8.64. The number of esters is 1. The second-order valence-electron chi connectivity index (χ2n) is 11.9. The lowest BCUT2D eigenvalue weighted by atomic mass is 10.1. The van der Waals surface area contributed by atoms with Crippen LogP contribution in [0.15, 0.2) is 112 Å². The molecule has 0 aliphatic carbocycles. The Bertz CT molecular complexity index is 3010. The average Bonchev–Trinajstić information content (AvgIpc) is 3.76. The van der Waals surface area contributed by atoms with Gasteiger partial charge in [0.15, 0.2) is 11.6 Å². The summed E-state index contributed by atoms with van der Waals surface area (Å²) in [6.45, 7) is 0. The molecule has 4 aromatic carbocycles. The number of phenols is 2. The lowest BCUT2D eigenvalue weighted by Gasteiger charge is -2.12. The fourth-order valence-corrected chi connectivity index (χ4v) is 11.1. The van der Waals surface area contributed by atoms with Crippen LogP contribution < -0.4 is 14.2 Å². The van der Waals surface area contributed by atoms with Gasteiger partial charge in [-0.15, -0.1) is 22.7 Å². The zero-order valence-electron chi connectivity index (χ0n) is 28.2. The summed E-state index contributed by atoms with van der Waals surface area (Å²) in [5, 5.41) is 30.8. The van der Waals surface area contributed by atoms with Crippen LogP contribution in [0.5, 0.6) is 17.2 Å². The van der Waals surface area contributed by atoms with Gasteiger partial charge in [-0.1, -0.05) is 41.4 Å². The van der Waals surface area contributed by atoms with Crippen LogP contribution in [-0.2, 0) is 20.0 Å². The number of hydrogen-bond acceptors (Lipinski definition) is 12. The zero-order chi connectivity index (χ0) is 40.8. The van der Waals surface area contributed by atoms with Crippen molar-refractivity contribution in [2.75, 3.05) is 9.44 Å². The van der Waals surface area contributed by atoms with Gasteiger partial charge in [0, 0.05) is 34.8 Å². The predicted molar refractivity (Wildman–Crippen MR) is 215 cm³/mol. The summed E-state index contributed by atoms with van der Waals surface area (Å²) in [6, 6.07) is 21.1. The van der Waals surface area contributed by atoms with Gasteiger partial charge in [0.05, 0.1) is 16.9 Å². The van der Waals surface area contributed by atoms with Crippen molar-refractivity contribution in [3.63, 3.8) is 0 Å². The molecule has 0 spiro atoms. The van der Waals surface area contributed by atoms with Crippen LogP contribution in [0.2, 0.25) is 8.67 Å². The largest absolute Gasteiger partial charge is 0.507 e. The number of carbonyl (C=O) groups is 2. The maximum atomic E-state index is 14.0. The number of nitrogens with one attached hydrogen (secondary N) is 2. The number of hydrogen-bond donors (Lipinski definition) is 5. The third-order valence-electron chi connectivity index (χ3n) is 8.17. The number of pyridine rings is 1. The highest BCUT2D eigenvalue weighted by Crippen LogP contribution is 2.41. The van der Waals surface area contributed by atoms with Crippen molar-refractivity contribution in [2.24, 2.45) is 0 Å². The zero-order valence-corrected chi connectivity index (χ0v) is 33.0. The number of aromatic carboxylic acids is 1. The molecular weight excluding hydrogens is 865 g/mol. The molecule has 0 fully saturated rings. The summed E-state index contributed by atoms with van der Waals surface area (Å²) < 4.78 is 76.8. The number of halogens is 3. The number of thiophene rings is 2.